The summed E-state index contributed by atoms with van der Waals surface area (Å²) in [4.78, 5) is 111. The Kier molecular flexibility index (Phi) is 14.2. The summed E-state index contributed by atoms with van der Waals surface area (Å²) in [5.41, 5.74) is 13.1. The van der Waals surface area contributed by atoms with Crippen molar-refractivity contribution in [3.05, 3.63) is 46.0 Å². The number of aliphatic hydroxyl groups is 3. The van der Waals surface area contributed by atoms with Gasteiger partial charge in [-0.2, -0.15) is 13.6 Å². The lowest BCUT2D eigenvalue weighted by Crippen LogP contribution is -2.57. The van der Waals surface area contributed by atoms with Crippen LogP contribution in [-0.4, -0.2) is 188 Å². The van der Waals surface area contributed by atoms with Gasteiger partial charge in [0.1, 0.15) is 60.6 Å². The number of hydrogen-bond donors (Lipinski definition) is 12. The van der Waals surface area contributed by atoms with Gasteiger partial charge in [-0.05, 0) is 0 Å². The van der Waals surface area contributed by atoms with Gasteiger partial charge in [0.2, 0.25) is 23.3 Å². The highest BCUT2D eigenvalue weighted by Crippen LogP contribution is 2.68. The quantitative estimate of drug-likeness (QED) is 0.0267. The largest absolute Gasteiger partial charge is 0.490 e. The van der Waals surface area contributed by atoms with Crippen molar-refractivity contribution in [3.63, 3.8) is 0 Å². The molecule has 2 bridgehead atoms. The van der Waals surface area contributed by atoms with Crippen molar-refractivity contribution in [3.8, 4) is 0 Å². The maximum absolute atomic E-state index is 13.7. The van der Waals surface area contributed by atoms with E-state index in [9.17, 15) is 67.5 Å². The molecule has 6 aromatic heterocycles. The molecule has 0 radical (unpaired) electrons. The smallest absolute Gasteiger partial charge is 0.387 e. The first kappa shape index (κ1) is 55.7. The number of morpholine rings is 1. The Labute approximate surface area is 431 Å². The minimum absolute atomic E-state index is 0.000835. The minimum atomic E-state index is -6.29. The molecule has 4 fully saturated rings. The molecule has 10 heterocycles. The van der Waals surface area contributed by atoms with Crippen LogP contribution in [0.4, 0.5) is 17.7 Å². The lowest BCUT2D eigenvalue weighted by molar-refractivity contribution is -0.746. The summed E-state index contributed by atoms with van der Waals surface area (Å²) in [5, 5.41) is 33.1. The molecule has 10 rings (SSSR count). The van der Waals surface area contributed by atoms with Crippen molar-refractivity contribution in [1.29, 1.82) is 0 Å². The van der Waals surface area contributed by atoms with Crippen LogP contribution in [0.3, 0.4) is 0 Å². The molecule has 78 heavy (non-hydrogen) atoms. The van der Waals surface area contributed by atoms with E-state index in [1.54, 1.807) is 0 Å². The second-order valence-electron chi connectivity index (χ2n) is 17.6. The molecule has 7 unspecified atom stereocenters. The number of carbonyl (C=O) groups excluding carboxylic acids is 1. The maximum Gasteiger partial charge on any atom is 0.490 e. The normalized spacial score (nSPS) is 31.3. The summed E-state index contributed by atoms with van der Waals surface area (Å²) in [6, 6.07) is -1.26. The van der Waals surface area contributed by atoms with Crippen molar-refractivity contribution in [1.82, 2.24) is 58.5 Å². The Morgan fingerprint density at radius 2 is 1.36 bits per heavy atom. The summed E-state index contributed by atoms with van der Waals surface area (Å²) in [5.74, 6) is -1.72. The number of anilines is 3. The third kappa shape index (κ3) is 9.85. The van der Waals surface area contributed by atoms with E-state index in [-0.39, 0.29) is 51.2 Å². The van der Waals surface area contributed by atoms with Crippen molar-refractivity contribution in [2.45, 2.75) is 73.1 Å². The van der Waals surface area contributed by atoms with E-state index in [4.69, 9.17) is 54.2 Å². The number of likely N-dealkylation sites (tertiary alicyclic amines) is 1. The lowest BCUT2D eigenvalue weighted by Gasteiger charge is -2.33. The van der Waals surface area contributed by atoms with Gasteiger partial charge in [0.15, 0.2) is 41.4 Å². The van der Waals surface area contributed by atoms with Crippen LogP contribution in [-0.2, 0) is 75.8 Å². The fourth-order valence-electron chi connectivity index (χ4n) is 9.40. The van der Waals surface area contributed by atoms with Gasteiger partial charge in [-0.3, -0.25) is 56.1 Å². The number of methoxy groups -OCH3 is 1. The number of aromatic amines is 2. The second kappa shape index (κ2) is 19.9. The lowest BCUT2D eigenvalue weighted by atomic mass is 10.00. The van der Waals surface area contributed by atoms with E-state index < -0.39 is 141 Å². The number of aromatic nitrogens is 12. The molecule has 4 saturated heterocycles. The van der Waals surface area contributed by atoms with E-state index in [0.717, 1.165) is 35.6 Å². The van der Waals surface area contributed by atoms with Crippen molar-refractivity contribution in [2.24, 2.45) is 7.05 Å². The van der Waals surface area contributed by atoms with Crippen LogP contribution in [0.1, 0.15) is 18.7 Å². The van der Waals surface area contributed by atoms with Crippen LogP contribution in [0.5, 0.6) is 0 Å². The van der Waals surface area contributed by atoms with Crippen molar-refractivity contribution in [2.75, 3.05) is 51.2 Å². The highest BCUT2D eigenvalue weighted by atomic mass is 31.3. The first-order valence-electron chi connectivity index (χ1n) is 22.1. The van der Waals surface area contributed by atoms with Gasteiger partial charge >= 0.3 is 36.9 Å². The first-order valence-corrected chi connectivity index (χ1v) is 28.1. The number of nitrogens with zero attached hydrogens (tertiary/aromatic N) is 11. The van der Waals surface area contributed by atoms with Crippen molar-refractivity contribution < 1.29 is 108 Å². The number of rotatable bonds is 19. The van der Waals surface area contributed by atoms with E-state index in [1.165, 1.54) is 34.1 Å². The number of imidazole rings is 3. The monoisotopic (exact) mass is 1190 g/mol. The van der Waals surface area contributed by atoms with Gasteiger partial charge in [0.25, 0.3) is 23.0 Å². The number of nitrogens with one attached hydrogen (secondary N) is 2. The van der Waals surface area contributed by atoms with Crippen LogP contribution < -0.4 is 32.9 Å². The number of ether oxygens (including phenoxy) is 4. The topological polar surface area (TPSA) is 562 Å². The van der Waals surface area contributed by atoms with Crippen molar-refractivity contribution >= 4 is 88.4 Å². The van der Waals surface area contributed by atoms with E-state index in [1.807, 2.05) is 0 Å². The molecule has 4 aliphatic heterocycles. The predicted octanol–water partition coefficient (Wildman–Crippen LogP) is -4.86. The Balaban J connectivity index is 0.821. The Hall–Kier alpha value is -5.64. The van der Waals surface area contributed by atoms with Gasteiger partial charge < -0.3 is 75.9 Å². The number of nitrogens with two attached hydrogens (primary N) is 3. The number of likely N-dealkylation sites (N-methyl/N-ethyl adjacent to an activating group) is 1. The average molecular weight is 1190 g/mol. The number of phosphoric acid groups is 4. The molecule has 40 nitrogen and oxygen atoms in total. The molecular weight excluding hydrogens is 1140 g/mol. The molecule has 44 heteroatoms. The average Bonchev–Trinajstić information content (AvgIpc) is 4.42. The Bertz CT molecular complexity index is 3690. The summed E-state index contributed by atoms with van der Waals surface area (Å²) in [7, 11) is -20.0. The predicted molar refractivity (Wildman–Crippen MR) is 248 cm³/mol. The molecule has 16 atom stereocenters. The molecule has 424 valence electrons. The number of aliphatic hydroxyl groups excluding tert-OH is 3. The fraction of sp³-hybridized carbons (Fsp3) is 0.529. The number of carbonyl (C=O) groups is 1. The van der Waals surface area contributed by atoms with E-state index in [2.05, 4.69) is 48.5 Å². The molecule has 4 aliphatic rings. The number of phosphoric ester groups is 3. The second-order valence-corrected chi connectivity index (χ2v) is 23.7. The highest BCUT2D eigenvalue weighted by Gasteiger charge is 2.71. The number of amides is 1. The van der Waals surface area contributed by atoms with Gasteiger partial charge in [0.05, 0.1) is 39.5 Å². The molecule has 0 saturated carbocycles. The summed E-state index contributed by atoms with van der Waals surface area (Å²) < 4.78 is 110. The molecule has 0 spiro atoms. The van der Waals surface area contributed by atoms with Crippen LogP contribution in [0.25, 0.3) is 33.5 Å². The van der Waals surface area contributed by atoms with Crippen LogP contribution in [0.15, 0.2) is 34.9 Å². The molecule has 0 aliphatic carbocycles. The molecule has 0 aromatic carbocycles. The molecular formula is C34H45N16O24P4+. The highest BCUT2D eigenvalue weighted by molar-refractivity contribution is 7.66. The first-order chi connectivity index (χ1) is 36.5. The van der Waals surface area contributed by atoms with E-state index in [0.29, 0.717) is 0 Å². The molecule has 15 N–H and O–H groups in total. The van der Waals surface area contributed by atoms with Crippen LogP contribution >= 0.6 is 31.3 Å². The molecule has 1 amide bonds. The minimum Gasteiger partial charge on any atom is -0.387 e. The van der Waals surface area contributed by atoms with Crippen LogP contribution in [0, 0.1) is 0 Å². The maximum atomic E-state index is 13.7. The Morgan fingerprint density at radius 1 is 0.744 bits per heavy atom. The summed E-state index contributed by atoms with van der Waals surface area (Å²) in [6.45, 7) is -3.64. The summed E-state index contributed by atoms with van der Waals surface area (Å²) in [6.07, 6.45) is -12.1. The van der Waals surface area contributed by atoms with Gasteiger partial charge in [-0.15, -0.1) is 0 Å². The summed E-state index contributed by atoms with van der Waals surface area (Å²) >= 11 is 0. The number of nitrogen functional groups attached to an aromatic ring is 3. The standard InChI is InChI=1S/C34H44N16O24P4/c1-46-10-50(25-16(46)27(55)45-33(37)43-25)28-15-21(53)34(71-28,31(56)47(15)2)6-68-77(61,62)74-78(63,64)73-76(59,60)67-5-12-19(20(65-3)30(70-12)48-8-40-13-22(35)38-7-39-23(13)48)72-75(57,58)66-4-11-17(51)18(52)29(69-11)49-9-41-14-24(49)42-32(36)44-26(14)54/h7-12,15,17-21,28-30,51-53H,4-6H2,1-3H3,(H11-,35,36,37,38,39,42,43,44,45,54,55,57,58,59,60,61,62,63,64)/p+1/t11-,12-,15?,17?,18+,19?,20+,21-,28-,29-,30-,34-/m1/s1. The Morgan fingerprint density at radius 3 is 2.06 bits per heavy atom. The number of fused-ring (bicyclic) bond motifs is 5. The van der Waals surface area contributed by atoms with Gasteiger partial charge in [-0.1, -0.05) is 4.98 Å². The van der Waals surface area contributed by atoms with Gasteiger partial charge in [0, 0.05) is 14.2 Å². The fourth-order valence-corrected chi connectivity index (χ4v) is 13.9. The molecule has 6 aromatic rings. The van der Waals surface area contributed by atoms with E-state index >= 15 is 0 Å². The van der Waals surface area contributed by atoms with Crippen LogP contribution in [0.2, 0.25) is 0 Å². The zero-order valence-corrected chi connectivity index (χ0v) is 43.4. The number of H-pyrrole nitrogens is 2. The zero-order chi connectivity index (χ0) is 56.3. The number of hydrogen-bond acceptors (Lipinski definition) is 29. The third-order valence-electron chi connectivity index (χ3n) is 12.8. The number of aryl methyl sites for hydroxylation is 1. The van der Waals surface area contributed by atoms with Gasteiger partial charge in [-0.25, -0.2) is 42.8 Å². The third-order valence-corrected chi connectivity index (χ3v) is 18.0. The SMILES string of the molecule is CO[C@H]1C(OP(=O)(O)OC[C@H]2O[C@@H](n3cnc4c(=O)[nH]c(N)nc43)[C@@H](O)C2O)[C@@H](COP(=O)(O)OP(=O)(O)OP(=O)(O)OC[C@@]23O[C@@H]([n+]4cn(C)c5c(=O)[nH]c(N)nc54)C([C@H]2O)N(C)C3=O)O[C@H]1n1cnc2c(N)ncnc21. The zero-order valence-electron chi connectivity index (χ0n) is 39.8.